The summed E-state index contributed by atoms with van der Waals surface area (Å²) in [7, 11) is 3.26. The highest BCUT2D eigenvalue weighted by Crippen LogP contribution is 2.40. The average molecular weight is 352 g/mol. The molecule has 26 heavy (non-hydrogen) atoms. The highest BCUT2D eigenvalue weighted by Gasteiger charge is 2.24. The first-order chi connectivity index (χ1) is 12.7. The summed E-state index contributed by atoms with van der Waals surface area (Å²) in [5.41, 5.74) is 3.16. The second-order valence-corrected chi connectivity index (χ2v) is 6.08. The van der Waals surface area contributed by atoms with E-state index in [1.807, 2.05) is 49.5 Å². The van der Waals surface area contributed by atoms with E-state index in [9.17, 15) is 4.79 Å². The third kappa shape index (κ3) is 3.38. The molecule has 1 unspecified atom stereocenters. The van der Waals surface area contributed by atoms with Crippen molar-refractivity contribution in [2.75, 3.05) is 20.8 Å². The standard InChI is InChI=1S/C21H24N2O3/c1-4-20(24)23-13-17(15-9-7-11-19(25-2)21(15)26-3)16-12-22-18-10-6-5-8-14(16)18/h5-12,17,22H,4,13H2,1-3H3,(H,23,24). The average Bonchev–Trinajstić information content (AvgIpc) is 3.11. The monoisotopic (exact) mass is 352 g/mol. The molecule has 0 aliphatic heterocycles. The van der Waals surface area contributed by atoms with Gasteiger partial charge in [-0.15, -0.1) is 0 Å². The van der Waals surface area contributed by atoms with Gasteiger partial charge in [0.25, 0.3) is 0 Å². The fourth-order valence-corrected chi connectivity index (χ4v) is 3.30. The summed E-state index contributed by atoms with van der Waals surface area (Å²) in [6.07, 6.45) is 2.46. The summed E-state index contributed by atoms with van der Waals surface area (Å²) in [5, 5.41) is 4.16. The third-order valence-electron chi connectivity index (χ3n) is 4.63. The molecule has 0 aliphatic rings. The lowest BCUT2D eigenvalue weighted by Gasteiger charge is -2.21. The lowest BCUT2D eigenvalue weighted by Crippen LogP contribution is -2.28. The normalized spacial score (nSPS) is 12.0. The molecule has 0 aliphatic carbocycles. The molecular formula is C21H24N2O3. The number of para-hydroxylation sites is 2. The molecule has 1 atom stereocenters. The zero-order valence-electron chi connectivity index (χ0n) is 15.3. The van der Waals surface area contributed by atoms with Crippen molar-refractivity contribution in [1.82, 2.24) is 10.3 Å². The number of amides is 1. The first-order valence-corrected chi connectivity index (χ1v) is 8.73. The summed E-state index contributed by atoms with van der Waals surface area (Å²) >= 11 is 0. The Morgan fingerprint density at radius 3 is 2.62 bits per heavy atom. The van der Waals surface area contributed by atoms with Crippen LogP contribution in [0.15, 0.2) is 48.7 Å². The summed E-state index contributed by atoms with van der Waals surface area (Å²) in [6.45, 7) is 2.33. The smallest absolute Gasteiger partial charge is 0.219 e. The van der Waals surface area contributed by atoms with Crippen LogP contribution in [0.1, 0.15) is 30.4 Å². The van der Waals surface area contributed by atoms with Crippen LogP contribution in [0.3, 0.4) is 0 Å². The van der Waals surface area contributed by atoms with E-state index in [-0.39, 0.29) is 11.8 Å². The van der Waals surface area contributed by atoms with Gasteiger partial charge in [-0.2, -0.15) is 0 Å². The number of methoxy groups -OCH3 is 2. The van der Waals surface area contributed by atoms with Crippen LogP contribution in [-0.4, -0.2) is 31.7 Å². The van der Waals surface area contributed by atoms with Gasteiger partial charge in [-0.3, -0.25) is 4.79 Å². The molecule has 3 rings (SSSR count). The Balaban J connectivity index is 2.11. The number of benzene rings is 2. The number of carbonyl (C=O) groups excluding carboxylic acids is 1. The second-order valence-electron chi connectivity index (χ2n) is 6.08. The molecule has 0 spiro atoms. The topological polar surface area (TPSA) is 63.4 Å². The number of ether oxygens (including phenoxy) is 2. The van der Waals surface area contributed by atoms with E-state index in [0.29, 0.717) is 24.5 Å². The van der Waals surface area contributed by atoms with Crippen molar-refractivity contribution in [3.8, 4) is 11.5 Å². The fraction of sp³-hybridized carbons (Fsp3) is 0.286. The largest absolute Gasteiger partial charge is 0.493 e. The number of rotatable bonds is 7. The fourth-order valence-electron chi connectivity index (χ4n) is 3.30. The van der Waals surface area contributed by atoms with E-state index in [2.05, 4.69) is 16.4 Å². The number of aromatic amines is 1. The van der Waals surface area contributed by atoms with Crippen LogP contribution in [0.2, 0.25) is 0 Å². The van der Waals surface area contributed by atoms with E-state index in [0.717, 1.165) is 22.0 Å². The van der Waals surface area contributed by atoms with E-state index in [1.165, 1.54) is 0 Å². The van der Waals surface area contributed by atoms with E-state index < -0.39 is 0 Å². The number of aromatic nitrogens is 1. The SMILES string of the molecule is CCC(=O)NCC(c1cccc(OC)c1OC)c1c[nH]c2ccccc12. The molecule has 5 heteroatoms. The Morgan fingerprint density at radius 1 is 1.08 bits per heavy atom. The van der Waals surface area contributed by atoms with Crippen LogP contribution in [0.4, 0.5) is 0 Å². The van der Waals surface area contributed by atoms with Gasteiger partial charge in [0, 0.05) is 41.5 Å². The number of hydrogen-bond acceptors (Lipinski definition) is 3. The first kappa shape index (κ1) is 17.9. The van der Waals surface area contributed by atoms with Crippen LogP contribution < -0.4 is 14.8 Å². The minimum Gasteiger partial charge on any atom is -0.493 e. The third-order valence-corrected chi connectivity index (χ3v) is 4.63. The number of hydrogen-bond donors (Lipinski definition) is 2. The highest BCUT2D eigenvalue weighted by atomic mass is 16.5. The highest BCUT2D eigenvalue weighted by molar-refractivity contribution is 5.84. The molecule has 0 bridgehead atoms. The van der Waals surface area contributed by atoms with Crippen LogP contribution in [0, 0.1) is 0 Å². The Kier molecular flexibility index (Phi) is 5.46. The number of fused-ring (bicyclic) bond motifs is 1. The molecule has 1 heterocycles. The minimum atomic E-state index is -0.0632. The molecule has 3 aromatic rings. The molecular weight excluding hydrogens is 328 g/mol. The Hall–Kier alpha value is -2.95. The molecule has 0 radical (unpaired) electrons. The maximum atomic E-state index is 11.9. The molecule has 1 aromatic heterocycles. The Morgan fingerprint density at radius 2 is 1.88 bits per heavy atom. The molecule has 2 N–H and O–H groups in total. The van der Waals surface area contributed by atoms with E-state index in [4.69, 9.17) is 9.47 Å². The maximum absolute atomic E-state index is 11.9. The van der Waals surface area contributed by atoms with Crippen LogP contribution in [0.25, 0.3) is 10.9 Å². The first-order valence-electron chi connectivity index (χ1n) is 8.73. The summed E-state index contributed by atoms with van der Waals surface area (Å²) in [5.74, 6) is 1.33. The van der Waals surface area contributed by atoms with E-state index in [1.54, 1.807) is 14.2 Å². The molecule has 0 fully saturated rings. The second kappa shape index (κ2) is 7.95. The van der Waals surface area contributed by atoms with Gasteiger partial charge in [0.15, 0.2) is 11.5 Å². The zero-order chi connectivity index (χ0) is 18.5. The summed E-state index contributed by atoms with van der Waals surface area (Å²) < 4.78 is 11.1. The molecule has 1 amide bonds. The zero-order valence-corrected chi connectivity index (χ0v) is 15.3. The number of nitrogens with one attached hydrogen (secondary N) is 2. The Bertz CT molecular complexity index is 901. The predicted molar refractivity (Wildman–Crippen MR) is 103 cm³/mol. The van der Waals surface area contributed by atoms with E-state index >= 15 is 0 Å². The van der Waals surface area contributed by atoms with Gasteiger partial charge in [-0.25, -0.2) is 0 Å². The molecule has 0 saturated heterocycles. The van der Waals surface area contributed by atoms with Crippen molar-refractivity contribution < 1.29 is 14.3 Å². The van der Waals surface area contributed by atoms with Crippen LogP contribution >= 0.6 is 0 Å². The van der Waals surface area contributed by atoms with Gasteiger partial charge >= 0.3 is 0 Å². The number of carbonyl (C=O) groups is 1. The molecule has 136 valence electrons. The van der Waals surface area contributed by atoms with Crippen molar-refractivity contribution in [2.45, 2.75) is 19.3 Å². The molecule has 0 saturated carbocycles. The van der Waals surface area contributed by atoms with Crippen molar-refractivity contribution in [2.24, 2.45) is 0 Å². The van der Waals surface area contributed by atoms with Gasteiger partial charge in [0.2, 0.25) is 5.91 Å². The summed E-state index contributed by atoms with van der Waals surface area (Å²) in [6, 6.07) is 14.0. The number of H-pyrrole nitrogens is 1. The molecule has 5 nitrogen and oxygen atoms in total. The van der Waals surface area contributed by atoms with Crippen LogP contribution in [0.5, 0.6) is 11.5 Å². The van der Waals surface area contributed by atoms with Crippen molar-refractivity contribution in [3.05, 3.63) is 59.8 Å². The van der Waals surface area contributed by atoms with Gasteiger partial charge in [-0.05, 0) is 17.7 Å². The quantitative estimate of drug-likeness (QED) is 0.679. The molecule has 2 aromatic carbocycles. The van der Waals surface area contributed by atoms with Crippen molar-refractivity contribution in [3.63, 3.8) is 0 Å². The summed E-state index contributed by atoms with van der Waals surface area (Å²) in [4.78, 5) is 15.2. The van der Waals surface area contributed by atoms with Gasteiger partial charge in [-0.1, -0.05) is 37.3 Å². The lowest BCUT2D eigenvalue weighted by molar-refractivity contribution is -0.120. The van der Waals surface area contributed by atoms with Crippen molar-refractivity contribution in [1.29, 1.82) is 0 Å². The minimum absolute atomic E-state index is 0.0247. The van der Waals surface area contributed by atoms with Gasteiger partial charge in [0.05, 0.1) is 14.2 Å². The van der Waals surface area contributed by atoms with Crippen molar-refractivity contribution >= 4 is 16.8 Å². The van der Waals surface area contributed by atoms with Gasteiger partial charge in [0.1, 0.15) is 0 Å². The van der Waals surface area contributed by atoms with Crippen LogP contribution in [-0.2, 0) is 4.79 Å². The maximum Gasteiger partial charge on any atom is 0.219 e. The Labute approximate surface area is 153 Å². The predicted octanol–water partition coefficient (Wildman–Crippen LogP) is 3.84. The van der Waals surface area contributed by atoms with Gasteiger partial charge < -0.3 is 19.8 Å². The lowest BCUT2D eigenvalue weighted by atomic mass is 9.89.